The summed E-state index contributed by atoms with van der Waals surface area (Å²) in [6.07, 6.45) is 9.18. The summed E-state index contributed by atoms with van der Waals surface area (Å²) in [4.78, 5) is 21.1. The van der Waals surface area contributed by atoms with E-state index in [0.29, 0.717) is 11.1 Å². The first-order valence-electron chi connectivity index (χ1n) is 12.2. The molecule has 1 amide bonds. The lowest BCUT2D eigenvalue weighted by atomic mass is 9.90. The molecule has 2 fully saturated rings. The fourth-order valence-corrected chi connectivity index (χ4v) is 4.82. The molecule has 0 unspecified atom stereocenters. The van der Waals surface area contributed by atoms with E-state index in [0.717, 1.165) is 68.7 Å². The maximum atomic E-state index is 12.1. The fraction of sp³-hybridized carbons (Fsp3) is 0.577. The van der Waals surface area contributed by atoms with Gasteiger partial charge in [-0.2, -0.15) is 0 Å². The summed E-state index contributed by atoms with van der Waals surface area (Å²) in [6.45, 7) is 7.25. The number of carbonyl (C=O) groups is 1. The largest absolute Gasteiger partial charge is 0.444 e. The summed E-state index contributed by atoms with van der Waals surface area (Å²) in [7, 11) is 0. The molecule has 7 nitrogen and oxygen atoms in total. The van der Waals surface area contributed by atoms with Crippen LogP contribution in [0, 0.1) is 0 Å². The van der Waals surface area contributed by atoms with E-state index in [2.05, 4.69) is 27.8 Å². The number of hydrogen-bond acceptors (Lipinski definition) is 6. The Morgan fingerprint density at radius 1 is 1.03 bits per heavy atom. The highest BCUT2D eigenvalue weighted by Crippen LogP contribution is 2.33. The van der Waals surface area contributed by atoms with E-state index in [-0.39, 0.29) is 18.2 Å². The topological polar surface area (TPSA) is 85.4 Å². The van der Waals surface area contributed by atoms with Crippen molar-refractivity contribution < 1.29 is 14.3 Å². The first kappa shape index (κ1) is 24.7. The van der Waals surface area contributed by atoms with Gasteiger partial charge in [0.15, 0.2) is 0 Å². The zero-order chi connectivity index (χ0) is 24.1. The highest BCUT2D eigenvalue weighted by molar-refractivity contribution is 6.29. The molecule has 0 radical (unpaired) electrons. The van der Waals surface area contributed by atoms with Gasteiger partial charge in [-0.3, -0.25) is 4.98 Å². The number of nitrogens with one attached hydrogen (secondary N) is 2. The van der Waals surface area contributed by atoms with E-state index in [1.54, 1.807) is 6.20 Å². The molecule has 4 rings (SSSR count). The van der Waals surface area contributed by atoms with E-state index in [1.807, 2.05) is 33.0 Å². The average molecular weight is 487 g/mol. The Labute approximate surface area is 207 Å². The number of aromatic nitrogens is 2. The van der Waals surface area contributed by atoms with Crippen molar-refractivity contribution in [3.8, 4) is 11.3 Å². The Hall–Kier alpha value is -2.38. The lowest BCUT2D eigenvalue weighted by Crippen LogP contribution is -2.42. The van der Waals surface area contributed by atoms with Crippen molar-refractivity contribution in [2.24, 2.45) is 0 Å². The number of anilines is 1. The third-order valence-corrected chi connectivity index (χ3v) is 6.64. The fourth-order valence-electron chi connectivity index (χ4n) is 4.67. The zero-order valence-electron chi connectivity index (χ0n) is 20.3. The van der Waals surface area contributed by atoms with Gasteiger partial charge in [-0.1, -0.05) is 17.7 Å². The Bertz CT molecular complexity index is 963. The Balaban J connectivity index is 1.38. The molecule has 1 saturated carbocycles. The molecule has 0 bridgehead atoms. The summed E-state index contributed by atoms with van der Waals surface area (Å²) in [5, 5.41) is 7.10. The smallest absolute Gasteiger partial charge is 0.407 e. The molecule has 1 aliphatic carbocycles. The van der Waals surface area contributed by atoms with E-state index in [4.69, 9.17) is 26.1 Å². The van der Waals surface area contributed by atoms with Gasteiger partial charge in [-0.05, 0) is 82.9 Å². The van der Waals surface area contributed by atoms with E-state index >= 15 is 0 Å². The predicted molar refractivity (Wildman–Crippen MR) is 134 cm³/mol. The summed E-state index contributed by atoms with van der Waals surface area (Å²) in [5.41, 5.74) is 3.53. The number of rotatable bonds is 5. The number of nitrogens with zero attached hydrogens (tertiary/aromatic N) is 2. The minimum absolute atomic E-state index is 0.132. The summed E-state index contributed by atoms with van der Waals surface area (Å²) < 4.78 is 10.9. The van der Waals surface area contributed by atoms with Crippen molar-refractivity contribution in [2.75, 3.05) is 18.5 Å². The molecule has 34 heavy (non-hydrogen) atoms. The van der Waals surface area contributed by atoms with Crippen LogP contribution in [-0.4, -0.2) is 47.0 Å². The highest BCUT2D eigenvalue weighted by Gasteiger charge is 2.25. The quantitative estimate of drug-likeness (QED) is 0.509. The number of halogens is 1. The van der Waals surface area contributed by atoms with E-state index in [9.17, 15) is 4.79 Å². The number of ether oxygens (including phenoxy) is 2. The van der Waals surface area contributed by atoms with Gasteiger partial charge in [-0.25, -0.2) is 9.78 Å². The van der Waals surface area contributed by atoms with Gasteiger partial charge in [0.1, 0.15) is 10.8 Å². The van der Waals surface area contributed by atoms with Crippen LogP contribution in [-0.2, 0) is 9.47 Å². The summed E-state index contributed by atoms with van der Waals surface area (Å²) in [6, 6.07) is 6.53. The molecule has 0 atom stereocenters. The van der Waals surface area contributed by atoms with Crippen molar-refractivity contribution in [1.29, 1.82) is 0 Å². The normalized spacial score (nSPS) is 21.6. The molecule has 1 saturated heterocycles. The molecule has 2 aromatic rings. The monoisotopic (exact) mass is 486 g/mol. The second kappa shape index (κ2) is 10.9. The minimum atomic E-state index is -0.489. The SMILES string of the molecule is CC(C)(C)OC(=O)NC1CCC(Nc2cc(Cl)ncc2-c2ccc(C3CCOCC3)cn2)CC1. The van der Waals surface area contributed by atoms with Gasteiger partial charge in [0, 0.05) is 48.9 Å². The van der Waals surface area contributed by atoms with Crippen LogP contribution in [0.1, 0.15) is 70.8 Å². The minimum Gasteiger partial charge on any atom is -0.444 e. The zero-order valence-corrected chi connectivity index (χ0v) is 21.0. The van der Waals surface area contributed by atoms with Crippen molar-refractivity contribution in [3.05, 3.63) is 41.3 Å². The molecule has 2 aliphatic rings. The second-order valence-corrected chi connectivity index (χ2v) is 10.6. The number of hydrogen-bond donors (Lipinski definition) is 2. The second-order valence-electron chi connectivity index (χ2n) is 10.3. The van der Waals surface area contributed by atoms with Crippen molar-refractivity contribution in [2.45, 2.75) is 82.9 Å². The average Bonchev–Trinajstić information content (AvgIpc) is 2.80. The van der Waals surface area contributed by atoms with E-state index in [1.165, 1.54) is 5.56 Å². The van der Waals surface area contributed by atoms with Gasteiger partial charge in [0.25, 0.3) is 0 Å². The van der Waals surface area contributed by atoms with Gasteiger partial charge in [0.05, 0.1) is 5.69 Å². The number of amides is 1. The van der Waals surface area contributed by atoms with Gasteiger partial charge in [-0.15, -0.1) is 0 Å². The van der Waals surface area contributed by atoms with Crippen LogP contribution in [0.4, 0.5) is 10.5 Å². The standard InChI is InChI=1S/C26H35ClN4O3/c1-26(2,3)34-25(32)31-20-7-5-19(6-8-20)30-23-14-24(27)29-16-21(23)22-9-4-18(15-28-22)17-10-12-33-13-11-17/h4,9,14-17,19-20H,5-8,10-13H2,1-3H3,(H,29,30)(H,31,32). The van der Waals surface area contributed by atoms with Crippen molar-refractivity contribution in [1.82, 2.24) is 15.3 Å². The molecule has 2 N–H and O–H groups in total. The summed E-state index contributed by atoms with van der Waals surface area (Å²) >= 11 is 6.24. The lowest BCUT2D eigenvalue weighted by Gasteiger charge is -2.31. The van der Waals surface area contributed by atoms with Crippen molar-refractivity contribution >= 4 is 23.4 Å². The van der Waals surface area contributed by atoms with Crippen LogP contribution in [0.15, 0.2) is 30.6 Å². The van der Waals surface area contributed by atoms with Gasteiger partial charge >= 0.3 is 6.09 Å². The van der Waals surface area contributed by atoms with Crippen LogP contribution < -0.4 is 10.6 Å². The maximum absolute atomic E-state index is 12.1. The molecule has 0 spiro atoms. The lowest BCUT2D eigenvalue weighted by molar-refractivity contribution is 0.0492. The van der Waals surface area contributed by atoms with Crippen LogP contribution in [0.5, 0.6) is 0 Å². The predicted octanol–water partition coefficient (Wildman–Crippen LogP) is 5.94. The van der Waals surface area contributed by atoms with Crippen LogP contribution in [0.3, 0.4) is 0 Å². The maximum Gasteiger partial charge on any atom is 0.407 e. The third-order valence-electron chi connectivity index (χ3n) is 6.43. The van der Waals surface area contributed by atoms with E-state index < -0.39 is 5.60 Å². The molecule has 2 aromatic heterocycles. The molecular weight excluding hydrogens is 452 g/mol. The molecule has 184 valence electrons. The number of pyridine rings is 2. The molecule has 8 heteroatoms. The van der Waals surface area contributed by atoms with Crippen LogP contribution in [0.2, 0.25) is 5.15 Å². The molecular formula is C26H35ClN4O3. The molecule has 1 aliphatic heterocycles. The summed E-state index contributed by atoms with van der Waals surface area (Å²) in [5.74, 6) is 0.515. The number of alkyl carbamates (subject to hydrolysis) is 1. The highest BCUT2D eigenvalue weighted by atomic mass is 35.5. The van der Waals surface area contributed by atoms with Crippen molar-refractivity contribution in [3.63, 3.8) is 0 Å². The third kappa shape index (κ3) is 6.83. The molecule has 3 heterocycles. The van der Waals surface area contributed by atoms with Gasteiger partial charge < -0.3 is 20.1 Å². The Morgan fingerprint density at radius 2 is 1.74 bits per heavy atom. The van der Waals surface area contributed by atoms with Crippen LogP contribution in [0.25, 0.3) is 11.3 Å². The van der Waals surface area contributed by atoms with Crippen LogP contribution >= 0.6 is 11.6 Å². The first-order valence-corrected chi connectivity index (χ1v) is 12.6. The Morgan fingerprint density at radius 3 is 2.38 bits per heavy atom. The number of carbonyl (C=O) groups excluding carboxylic acids is 1. The van der Waals surface area contributed by atoms with Gasteiger partial charge in [0.2, 0.25) is 0 Å². The Kier molecular flexibility index (Phi) is 7.94. The molecule has 0 aromatic carbocycles. The first-order chi connectivity index (χ1) is 16.3.